The summed E-state index contributed by atoms with van der Waals surface area (Å²) in [5.41, 5.74) is 5.42. The number of hydrogen-bond acceptors (Lipinski definition) is 4. The van der Waals surface area contributed by atoms with Crippen LogP contribution in [0.25, 0.3) is 11.0 Å². The number of aryl methyl sites for hydroxylation is 1. The molecule has 0 aliphatic carbocycles. The highest BCUT2D eigenvalue weighted by atomic mass is 16.5. The predicted molar refractivity (Wildman–Crippen MR) is 97.4 cm³/mol. The van der Waals surface area contributed by atoms with Gasteiger partial charge in [-0.25, -0.2) is 9.78 Å². The molecule has 0 unspecified atom stereocenters. The van der Waals surface area contributed by atoms with E-state index in [1.54, 1.807) is 0 Å². The number of benzene rings is 2. The Morgan fingerprint density at radius 2 is 1.84 bits per heavy atom. The second-order valence-electron chi connectivity index (χ2n) is 6.21. The van der Waals surface area contributed by atoms with Gasteiger partial charge in [0.15, 0.2) is 0 Å². The van der Waals surface area contributed by atoms with Crippen molar-refractivity contribution in [2.45, 2.75) is 19.9 Å². The number of anilines is 1. The Morgan fingerprint density at radius 3 is 2.60 bits per heavy atom. The molecule has 0 amide bonds. The zero-order valence-corrected chi connectivity index (χ0v) is 14.4. The summed E-state index contributed by atoms with van der Waals surface area (Å²) in [5.74, 6) is 0.404. The average molecular weight is 333 g/mol. The number of imidazole rings is 1. The molecule has 1 atom stereocenters. The molecule has 2 aromatic carbocycles. The van der Waals surface area contributed by atoms with Crippen molar-refractivity contribution in [3.05, 3.63) is 70.9 Å². The highest BCUT2D eigenvalue weighted by molar-refractivity contribution is 5.94. The fourth-order valence-electron chi connectivity index (χ4n) is 3.53. The van der Waals surface area contributed by atoms with Crippen molar-refractivity contribution in [1.29, 1.82) is 0 Å². The molecule has 1 aliphatic rings. The van der Waals surface area contributed by atoms with Crippen molar-refractivity contribution in [2.75, 3.05) is 12.4 Å². The zero-order chi connectivity index (χ0) is 17.6. The molecule has 1 aromatic heterocycles. The van der Waals surface area contributed by atoms with E-state index >= 15 is 0 Å². The number of para-hydroxylation sites is 2. The lowest BCUT2D eigenvalue weighted by molar-refractivity contribution is -0.136. The molecule has 2 heterocycles. The van der Waals surface area contributed by atoms with Crippen molar-refractivity contribution in [2.24, 2.45) is 0 Å². The van der Waals surface area contributed by atoms with Crippen LogP contribution in [0.15, 0.2) is 59.8 Å². The van der Waals surface area contributed by atoms with E-state index in [1.165, 1.54) is 7.11 Å². The molecule has 5 heteroatoms. The van der Waals surface area contributed by atoms with E-state index in [2.05, 4.69) is 28.9 Å². The van der Waals surface area contributed by atoms with Crippen LogP contribution in [-0.4, -0.2) is 22.6 Å². The number of nitrogens with zero attached hydrogens (tertiary/aromatic N) is 2. The average Bonchev–Trinajstić information content (AvgIpc) is 2.98. The Bertz CT molecular complexity index is 1020. The Balaban J connectivity index is 2.05. The van der Waals surface area contributed by atoms with Gasteiger partial charge in [0.25, 0.3) is 0 Å². The van der Waals surface area contributed by atoms with Crippen LogP contribution < -0.4 is 5.32 Å². The van der Waals surface area contributed by atoms with Crippen LogP contribution in [0.1, 0.15) is 24.1 Å². The Hall–Kier alpha value is -3.08. The number of nitrogens with one attached hydrogen (secondary N) is 1. The number of carbonyl (C=O) groups excluding carboxylic acids is 1. The quantitative estimate of drug-likeness (QED) is 0.725. The molecule has 3 aromatic rings. The lowest BCUT2D eigenvalue weighted by Gasteiger charge is -2.30. The maximum absolute atomic E-state index is 12.6. The lowest BCUT2D eigenvalue weighted by Crippen LogP contribution is -2.29. The van der Waals surface area contributed by atoms with Crippen molar-refractivity contribution in [1.82, 2.24) is 9.55 Å². The molecule has 0 fully saturated rings. The van der Waals surface area contributed by atoms with Gasteiger partial charge in [-0.2, -0.15) is 0 Å². The maximum atomic E-state index is 12.6. The summed E-state index contributed by atoms with van der Waals surface area (Å²) in [6.45, 7) is 3.95. The van der Waals surface area contributed by atoms with Gasteiger partial charge in [-0.05, 0) is 37.1 Å². The molecule has 0 saturated carbocycles. The van der Waals surface area contributed by atoms with Gasteiger partial charge < -0.3 is 10.1 Å². The van der Waals surface area contributed by atoms with Gasteiger partial charge in [0, 0.05) is 5.70 Å². The monoisotopic (exact) mass is 333 g/mol. The van der Waals surface area contributed by atoms with Crippen molar-refractivity contribution >= 4 is 23.0 Å². The lowest BCUT2D eigenvalue weighted by atomic mass is 9.92. The summed E-state index contributed by atoms with van der Waals surface area (Å²) >= 11 is 0. The second kappa shape index (κ2) is 5.77. The maximum Gasteiger partial charge on any atom is 0.337 e. The summed E-state index contributed by atoms with van der Waals surface area (Å²) in [6.07, 6.45) is 0. The molecule has 1 N–H and O–H groups in total. The van der Waals surface area contributed by atoms with Crippen molar-refractivity contribution in [3.8, 4) is 0 Å². The van der Waals surface area contributed by atoms with Gasteiger partial charge in [0.2, 0.25) is 5.95 Å². The van der Waals surface area contributed by atoms with E-state index in [-0.39, 0.29) is 12.0 Å². The van der Waals surface area contributed by atoms with E-state index in [0.29, 0.717) is 5.57 Å². The van der Waals surface area contributed by atoms with E-state index in [1.807, 2.05) is 43.3 Å². The number of ether oxygens (including phenoxy) is 1. The van der Waals surface area contributed by atoms with Crippen molar-refractivity contribution in [3.63, 3.8) is 0 Å². The summed E-state index contributed by atoms with van der Waals surface area (Å²) in [5, 5.41) is 3.26. The summed E-state index contributed by atoms with van der Waals surface area (Å²) < 4.78 is 7.17. The summed E-state index contributed by atoms with van der Waals surface area (Å²) in [6, 6.07) is 15.8. The molecule has 0 radical (unpaired) electrons. The number of esters is 1. The largest absolute Gasteiger partial charge is 0.466 e. The third-order valence-electron chi connectivity index (χ3n) is 4.72. The number of hydrogen-bond donors (Lipinski definition) is 1. The topological polar surface area (TPSA) is 56.1 Å². The van der Waals surface area contributed by atoms with Crippen LogP contribution in [-0.2, 0) is 9.53 Å². The first-order chi connectivity index (χ1) is 12.1. The van der Waals surface area contributed by atoms with Crippen LogP contribution in [0.4, 0.5) is 5.95 Å². The number of carbonyl (C=O) groups is 1. The van der Waals surface area contributed by atoms with E-state index in [4.69, 9.17) is 9.72 Å². The first-order valence-corrected chi connectivity index (χ1v) is 8.20. The van der Waals surface area contributed by atoms with Crippen LogP contribution in [0.5, 0.6) is 0 Å². The fourth-order valence-corrected chi connectivity index (χ4v) is 3.53. The van der Waals surface area contributed by atoms with E-state index in [9.17, 15) is 4.79 Å². The predicted octanol–water partition coefficient (Wildman–Crippen LogP) is 3.81. The van der Waals surface area contributed by atoms with Crippen LogP contribution in [0, 0.1) is 6.92 Å². The number of methoxy groups -OCH3 is 1. The van der Waals surface area contributed by atoms with Gasteiger partial charge in [-0.1, -0.05) is 36.4 Å². The SMILES string of the molecule is COC(=O)C1=C(C)Nc2nc3ccccc3n2[C@H]1c1ccccc1C. The molecule has 25 heavy (non-hydrogen) atoms. The van der Waals surface area contributed by atoms with Gasteiger partial charge in [-0.15, -0.1) is 0 Å². The highest BCUT2D eigenvalue weighted by Crippen LogP contribution is 2.40. The summed E-state index contributed by atoms with van der Waals surface area (Å²) in [4.78, 5) is 17.3. The number of aromatic nitrogens is 2. The minimum Gasteiger partial charge on any atom is -0.466 e. The molecule has 126 valence electrons. The first kappa shape index (κ1) is 15.4. The first-order valence-electron chi connectivity index (χ1n) is 8.20. The smallest absolute Gasteiger partial charge is 0.337 e. The molecule has 1 aliphatic heterocycles. The molecule has 0 spiro atoms. The van der Waals surface area contributed by atoms with Crippen molar-refractivity contribution < 1.29 is 9.53 Å². The molecule has 5 nitrogen and oxygen atoms in total. The highest BCUT2D eigenvalue weighted by Gasteiger charge is 2.35. The van der Waals surface area contributed by atoms with Gasteiger partial charge >= 0.3 is 5.97 Å². The minimum absolute atomic E-state index is 0.280. The second-order valence-corrected chi connectivity index (χ2v) is 6.21. The van der Waals surface area contributed by atoms with Gasteiger partial charge in [0.1, 0.15) is 0 Å². The van der Waals surface area contributed by atoms with Crippen LogP contribution in [0.2, 0.25) is 0 Å². The Morgan fingerprint density at radius 1 is 1.12 bits per heavy atom. The van der Waals surface area contributed by atoms with Crippen LogP contribution in [0.3, 0.4) is 0 Å². The normalized spacial score (nSPS) is 16.5. The van der Waals surface area contributed by atoms with Gasteiger partial charge in [0.05, 0.1) is 29.8 Å². The van der Waals surface area contributed by atoms with E-state index < -0.39 is 0 Å². The number of allylic oxidation sites excluding steroid dienone is 1. The zero-order valence-electron chi connectivity index (χ0n) is 14.4. The fraction of sp³-hybridized carbons (Fsp3) is 0.200. The van der Waals surface area contributed by atoms with Crippen LogP contribution >= 0.6 is 0 Å². The molecular weight excluding hydrogens is 314 g/mol. The standard InChI is InChI=1S/C20H19N3O2/c1-12-8-4-5-9-14(12)18-17(19(24)25-3)13(2)21-20-22-15-10-6-7-11-16(15)23(18)20/h4-11,18H,1-3H3,(H,21,22)/t18-/m0/s1. The third-order valence-corrected chi connectivity index (χ3v) is 4.72. The third kappa shape index (κ3) is 2.31. The summed E-state index contributed by atoms with van der Waals surface area (Å²) in [7, 11) is 1.42. The molecule has 0 saturated heterocycles. The van der Waals surface area contributed by atoms with E-state index in [0.717, 1.165) is 33.8 Å². The molecular formula is C20H19N3O2. The number of fused-ring (bicyclic) bond motifs is 3. The Kier molecular flexibility index (Phi) is 3.57. The molecule has 4 rings (SSSR count). The minimum atomic E-state index is -0.332. The number of rotatable bonds is 2. The molecule has 0 bridgehead atoms. The Labute approximate surface area is 145 Å². The van der Waals surface area contributed by atoms with Gasteiger partial charge in [-0.3, -0.25) is 4.57 Å².